The molecule has 1 aromatic rings. The molecule has 1 atom stereocenters. The lowest BCUT2D eigenvalue weighted by Gasteiger charge is -2.48. The van der Waals surface area contributed by atoms with Crippen molar-refractivity contribution >= 4 is 5.91 Å². The van der Waals surface area contributed by atoms with Gasteiger partial charge in [-0.25, -0.2) is 0 Å². The fourth-order valence-corrected chi connectivity index (χ4v) is 3.62. The second kappa shape index (κ2) is 6.57. The summed E-state index contributed by atoms with van der Waals surface area (Å²) in [6.45, 7) is 5.97. The molecule has 23 heavy (non-hydrogen) atoms. The molecule has 0 saturated carbocycles. The van der Waals surface area contributed by atoms with Gasteiger partial charge in [0.1, 0.15) is 12.2 Å². The number of amides is 1. The lowest BCUT2D eigenvalue weighted by molar-refractivity contribution is -0.149. The predicted molar refractivity (Wildman–Crippen MR) is 86.1 cm³/mol. The van der Waals surface area contributed by atoms with Gasteiger partial charge < -0.3 is 14.2 Å². The van der Waals surface area contributed by atoms with Gasteiger partial charge in [0.05, 0.1) is 18.1 Å². The number of carbonyl (C=O) groups is 1. The summed E-state index contributed by atoms with van der Waals surface area (Å²) in [6, 6.07) is 0. The molecule has 3 rings (SSSR count). The van der Waals surface area contributed by atoms with Crippen molar-refractivity contribution in [2.75, 3.05) is 40.4 Å². The van der Waals surface area contributed by atoms with Gasteiger partial charge in [0.25, 0.3) is 0 Å². The third-order valence-electron chi connectivity index (χ3n) is 5.43. The van der Waals surface area contributed by atoms with E-state index in [0.29, 0.717) is 6.61 Å². The first-order valence-corrected chi connectivity index (χ1v) is 8.43. The Morgan fingerprint density at radius 2 is 2.22 bits per heavy atom. The number of hydrogen-bond acceptors (Lipinski definition) is 5. The van der Waals surface area contributed by atoms with E-state index in [-0.39, 0.29) is 17.4 Å². The van der Waals surface area contributed by atoms with Crippen LogP contribution in [-0.4, -0.2) is 76.4 Å². The maximum Gasteiger partial charge on any atom is 0.242 e. The highest BCUT2D eigenvalue weighted by Gasteiger charge is 2.46. The normalized spacial score (nSPS) is 26.3. The first-order valence-electron chi connectivity index (χ1n) is 8.43. The van der Waals surface area contributed by atoms with Crippen LogP contribution in [0.15, 0.2) is 6.33 Å². The van der Waals surface area contributed by atoms with Gasteiger partial charge >= 0.3 is 0 Å². The highest BCUT2D eigenvalue weighted by Crippen LogP contribution is 2.33. The van der Waals surface area contributed by atoms with Gasteiger partial charge in [-0.2, -0.15) is 0 Å². The average Bonchev–Trinajstić information content (AvgIpc) is 2.95. The molecule has 0 aromatic carbocycles. The Bertz CT molecular complexity index is 554. The number of methoxy groups -OCH3 is 1. The van der Waals surface area contributed by atoms with E-state index < -0.39 is 0 Å². The number of carbonyl (C=O) groups excluding carboxylic acids is 1. The van der Waals surface area contributed by atoms with E-state index in [9.17, 15) is 4.79 Å². The predicted octanol–water partition coefficient (Wildman–Crippen LogP) is 0.725. The maximum absolute atomic E-state index is 12.9. The molecule has 1 aromatic heterocycles. The van der Waals surface area contributed by atoms with Gasteiger partial charge in [-0.1, -0.05) is 0 Å². The Balaban J connectivity index is 1.60. The highest BCUT2D eigenvalue weighted by molar-refractivity contribution is 5.87. The Hall–Kier alpha value is -1.47. The number of aromatic nitrogens is 3. The van der Waals surface area contributed by atoms with Crippen LogP contribution in [0.5, 0.6) is 0 Å². The molecule has 7 nitrogen and oxygen atoms in total. The van der Waals surface area contributed by atoms with Crippen LogP contribution >= 0.6 is 0 Å². The molecule has 0 aliphatic carbocycles. The molecule has 7 heteroatoms. The van der Waals surface area contributed by atoms with E-state index >= 15 is 0 Å². The summed E-state index contributed by atoms with van der Waals surface area (Å²) in [5.41, 5.74) is -0.340. The molecule has 0 spiro atoms. The molecule has 2 aliphatic heterocycles. The standard InChI is InChI=1S/C16H27N5O2/c1-16(6-4-5-7-19(16)2)15(22)21-10-13(11-21)14-18-17-12-20(14)8-9-23-3/h12-13H,4-11H2,1-3H3. The van der Waals surface area contributed by atoms with Crippen molar-refractivity contribution in [3.05, 3.63) is 12.2 Å². The Labute approximate surface area is 137 Å². The molecule has 0 radical (unpaired) electrons. The molecule has 1 unspecified atom stereocenters. The molecule has 2 aliphatic rings. The Kier molecular flexibility index (Phi) is 4.68. The van der Waals surface area contributed by atoms with Gasteiger partial charge in [0, 0.05) is 26.7 Å². The molecule has 0 bridgehead atoms. The zero-order chi connectivity index (χ0) is 16.4. The Morgan fingerprint density at radius 1 is 1.43 bits per heavy atom. The van der Waals surface area contributed by atoms with Crippen molar-refractivity contribution in [1.82, 2.24) is 24.6 Å². The number of likely N-dealkylation sites (N-methyl/N-ethyl adjacent to an activating group) is 1. The lowest BCUT2D eigenvalue weighted by atomic mass is 9.85. The summed E-state index contributed by atoms with van der Waals surface area (Å²) in [4.78, 5) is 17.1. The number of hydrogen-bond donors (Lipinski definition) is 0. The van der Waals surface area contributed by atoms with Crippen LogP contribution in [0.1, 0.15) is 37.9 Å². The van der Waals surface area contributed by atoms with Gasteiger partial charge in [0.15, 0.2) is 0 Å². The molecule has 128 valence electrons. The van der Waals surface area contributed by atoms with Crippen LogP contribution < -0.4 is 0 Å². The molecule has 0 N–H and O–H groups in total. The van der Waals surface area contributed by atoms with Gasteiger partial charge in [-0.3, -0.25) is 9.69 Å². The SMILES string of the molecule is COCCn1cnnc1C1CN(C(=O)C2(C)CCCCN2C)C1. The second-order valence-corrected chi connectivity index (χ2v) is 6.93. The second-order valence-electron chi connectivity index (χ2n) is 6.93. The van der Waals surface area contributed by atoms with E-state index in [1.165, 1.54) is 6.42 Å². The van der Waals surface area contributed by atoms with Crippen molar-refractivity contribution in [1.29, 1.82) is 0 Å². The van der Waals surface area contributed by atoms with Crippen molar-refractivity contribution in [3.8, 4) is 0 Å². The van der Waals surface area contributed by atoms with Crippen LogP contribution in [0.4, 0.5) is 0 Å². The van der Waals surface area contributed by atoms with Crippen molar-refractivity contribution in [3.63, 3.8) is 0 Å². The first kappa shape index (κ1) is 16.4. The smallest absolute Gasteiger partial charge is 0.242 e. The summed E-state index contributed by atoms with van der Waals surface area (Å²) in [7, 11) is 3.75. The number of likely N-dealkylation sites (tertiary alicyclic amines) is 2. The molecule has 2 saturated heterocycles. The number of ether oxygens (including phenoxy) is 1. The van der Waals surface area contributed by atoms with Gasteiger partial charge in [0.2, 0.25) is 5.91 Å². The topological polar surface area (TPSA) is 63.5 Å². The van der Waals surface area contributed by atoms with E-state index in [0.717, 1.165) is 44.8 Å². The summed E-state index contributed by atoms with van der Waals surface area (Å²) >= 11 is 0. The minimum Gasteiger partial charge on any atom is -0.383 e. The van der Waals surface area contributed by atoms with Crippen LogP contribution in [0.2, 0.25) is 0 Å². The molecular weight excluding hydrogens is 294 g/mol. The van der Waals surface area contributed by atoms with Crippen LogP contribution in [0.3, 0.4) is 0 Å². The fourth-order valence-electron chi connectivity index (χ4n) is 3.62. The average molecular weight is 321 g/mol. The van der Waals surface area contributed by atoms with Crippen molar-refractivity contribution in [2.45, 2.75) is 44.2 Å². The van der Waals surface area contributed by atoms with E-state index in [2.05, 4.69) is 29.1 Å². The summed E-state index contributed by atoms with van der Waals surface area (Å²) in [5, 5.41) is 8.25. The van der Waals surface area contributed by atoms with Crippen LogP contribution in [0, 0.1) is 0 Å². The third-order valence-corrected chi connectivity index (χ3v) is 5.43. The molecule has 2 fully saturated rings. The minimum absolute atomic E-state index is 0.263. The summed E-state index contributed by atoms with van der Waals surface area (Å²) in [6.07, 6.45) is 5.02. The number of piperidine rings is 1. The zero-order valence-corrected chi connectivity index (χ0v) is 14.4. The van der Waals surface area contributed by atoms with Crippen LogP contribution in [0.25, 0.3) is 0 Å². The Morgan fingerprint density at radius 3 is 2.91 bits per heavy atom. The summed E-state index contributed by atoms with van der Waals surface area (Å²) in [5.74, 6) is 1.52. The zero-order valence-electron chi connectivity index (χ0n) is 14.4. The van der Waals surface area contributed by atoms with Crippen LogP contribution in [-0.2, 0) is 16.1 Å². The fraction of sp³-hybridized carbons (Fsp3) is 0.812. The van der Waals surface area contributed by atoms with E-state index in [1.807, 2.05) is 9.47 Å². The maximum atomic E-state index is 12.9. The molecular formula is C16H27N5O2. The van der Waals surface area contributed by atoms with Gasteiger partial charge in [-0.15, -0.1) is 10.2 Å². The quantitative estimate of drug-likeness (QED) is 0.800. The number of rotatable bonds is 5. The first-order chi connectivity index (χ1) is 11.1. The largest absolute Gasteiger partial charge is 0.383 e. The minimum atomic E-state index is -0.340. The van der Waals surface area contributed by atoms with E-state index in [1.54, 1.807) is 13.4 Å². The molecule has 3 heterocycles. The number of nitrogens with zero attached hydrogens (tertiary/aromatic N) is 5. The van der Waals surface area contributed by atoms with E-state index in [4.69, 9.17) is 4.74 Å². The highest BCUT2D eigenvalue weighted by atomic mass is 16.5. The summed E-state index contributed by atoms with van der Waals surface area (Å²) < 4.78 is 7.15. The molecule has 1 amide bonds. The third kappa shape index (κ3) is 2.99. The van der Waals surface area contributed by atoms with Crippen molar-refractivity contribution < 1.29 is 9.53 Å². The monoisotopic (exact) mass is 321 g/mol. The lowest BCUT2D eigenvalue weighted by Crippen LogP contribution is -2.62. The van der Waals surface area contributed by atoms with Crippen molar-refractivity contribution in [2.24, 2.45) is 0 Å². The van der Waals surface area contributed by atoms with Gasteiger partial charge in [-0.05, 0) is 39.8 Å².